The summed E-state index contributed by atoms with van der Waals surface area (Å²) < 4.78 is 11.7. The molecule has 0 radical (unpaired) electrons. The predicted octanol–water partition coefficient (Wildman–Crippen LogP) is 4.20. The first-order chi connectivity index (χ1) is 13.5. The van der Waals surface area contributed by atoms with Crippen molar-refractivity contribution in [3.8, 4) is 11.5 Å². The molecule has 7 heteroatoms. The van der Waals surface area contributed by atoms with E-state index in [4.69, 9.17) is 9.47 Å². The zero-order valence-electron chi connectivity index (χ0n) is 16.3. The van der Waals surface area contributed by atoms with E-state index in [1.54, 1.807) is 18.2 Å². The molecule has 2 N–H and O–H groups in total. The standard InChI is InChI=1S/C21H25BrN2O4/c1-4-14(3)16-8-6-7-9-18(16)28-13-20(25)23-24-21(26)15-10-11-19(27-5-2)17(22)12-15/h6-12,14H,4-5,13H2,1-3H3,(H,23,25)(H,24,26). The number of amides is 2. The second kappa shape index (κ2) is 10.7. The summed E-state index contributed by atoms with van der Waals surface area (Å²) in [6.45, 7) is 6.42. The third-order valence-electron chi connectivity index (χ3n) is 4.23. The van der Waals surface area contributed by atoms with Crippen molar-refractivity contribution in [3.63, 3.8) is 0 Å². The molecule has 0 heterocycles. The van der Waals surface area contributed by atoms with Gasteiger partial charge in [0.1, 0.15) is 11.5 Å². The van der Waals surface area contributed by atoms with Crippen molar-refractivity contribution in [2.24, 2.45) is 0 Å². The maximum atomic E-state index is 12.2. The van der Waals surface area contributed by atoms with Crippen LogP contribution in [0.15, 0.2) is 46.9 Å². The van der Waals surface area contributed by atoms with Gasteiger partial charge in [-0.15, -0.1) is 0 Å². The number of hydrogen-bond acceptors (Lipinski definition) is 4. The molecule has 2 aromatic carbocycles. The molecule has 0 bridgehead atoms. The van der Waals surface area contributed by atoms with E-state index in [0.717, 1.165) is 12.0 Å². The van der Waals surface area contributed by atoms with Crippen LogP contribution in [0.4, 0.5) is 0 Å². The third-order valence-corrected chi connectivity index (χ3v) is 4.85. The molecule has 0 aliphatic carbocycles. The van der Waals surface area contributed by atoms with E-state index < -0.39 is 11.8 Å². The van der Waals surface area contributed by atoms with Gasteiger partial charge in [0, 0.05) is 5.56 Å². The summed E-state index contributed by atoms with van der Waals surface area (Å²) in [5, 5.41) is 0. The van der Waals surface area contributed by atoms with Crippen molar-refractivity contribution >= 4 is 27.7 Å². The molecular weight excluding hydrogens is 424 g/mol. The van der Waals surface area contributed by atoms with Crippen LogP contribution >= 0.6 is 15.9 Å². The lowest BCUT2D eigenvalue weighted by Gasteiger charge is -2.15. The van der Waals surface area contributed by atoms with Crippen LogP contribution in [0.1, 0.15) is 49.0 Å². The number of carbonyl (C=O) groups excluding carboxylic acids is 2. The van der Waals surface area contributed by atoms with Crippen LogP contribution in [0.3, 0.4) is 0 Å². The smallest absolute Gasteiger partial charge is 0.276 e. The van der Waals surface area contributed by atoms with Gasteiger partial charge in [-0.3, -0.25) is 20.4 Å². The Morgan fingerprint density at radius 1 is 1.04 bits per heavy atom. The normalized spacial score (nSPS) is 11.4. The number of halogens is 1. The molecule has 0 aliphatic rings. The first-order valence-corrected chi connectivity index (χ1v) is 9.98. The zero-order chi connectivity index (χ0) is 20.5. The van der Waals surface area contributed by atoms with Crippen molar-refractivity contribution in [1.82, 2.24) is 10.9 Å². The van der Waals surface area contributed by atoms with Crippen molar-refractivity contribution in [2.75, 3.05) is 13.2 Å². The first-order valence-electron chi connectivity index (χ1n) is 9.19. The highest BCUT2D eigenvalue weighted by molar-refractivity contribution is 9.10. The number of hydrazine groups is 1. The fourth-order valence-corrected chi connectivity index (χ4v) is 3.02. The van der Waals surface area contributed by atoms with Gasteiger partial charge in [0.05, 0.1) is 11.1 Å². The summed E-state index contributed by atoms with van der Waals surface area (Å²) in [6.07, 6.45) is 0.972. The minimum absolute atomic E-state index is 0.194. The predicted molar refractivity (Wildman–Crippen MR) is 112 cm³/mol. The molecule has 0 spiro atoms. The first kappa shape index (κ1) is 21.8. The number of para-hydroxylation sites is 1. The molecule has 0 aromatic heterocycles. The largest absolute Gasteiger partial charge is 0.493 e. The zero-order valence-corrected chi connectivity index (χ0v) is 17.8. The molecule has 150 valence electrons. The van der Waals surface area contributed by atoms with Crippen LogP contribution in [0, 0.1) is 0 Å². The van der Waals surface area contributed by atoms with Crippen LogP contribution in [-0.2, 0) is 4.79 Å². The molecule has 6 nitrogen and oxygen atoms in total. The maximum absolute atomic E-state index is 12.2. The van der Waals surface area contributed by atoms with Gasteiger partial charge in [0.2, 0.25) is 0 Å². The highest BCUT2D eigenvalue weighted by Gasteiger charge is 2.13. The van der Waals surface area contributed by atoms with Crippen LogP contribution in [0.25, 0.3) is 0 Å². The highest BCUT2D eigenvalue weighted by atomic mass is 79.9. The molecule has 0 aliphatic heterocycles. The van der Waals surface area contributed by atoms with E-state index in [9.17, 15) is 9.59 Å². The summed E-state index contributed by atoms with van der Waals surface area (Å²) in [7, 11) is 0. The van der Waals surface area contributed by atoms with Gasteiger partial charge in [-0.1, -0.05) is 32.0 Å². The molecule has 2 aromatic rings. The van der Waals surface area contributed by atoms with Gasteiger partial charge in [-0.2, -0.15) is 0 Å². The van der Waals surface area contributed by atoms with Gasteiger partial charge in [-0.05, 0) is 65.0 Å². The van der Waals surface area contributed by atoms with Crippen LogP contribution in [0.5, 0.6) is 11.5 Å². The van der Waals surface area contributed by atoms with Crippen molar-refractivity contribution < 1.29 is 19.1 Å². The lowest BCUT2D eigenvalue weighted by atomic mass is 9.98. The van der Waals surface area contributed by atoms with Crippen molar-refractivity contribution in [3.05, 3.63) is 58.1 Å². The SMILES string of the molecule is CCOc1ccc(C(=O)NNC(=O)COc2ccccc2C(C)CC)cc1Br. The van der Waals surface area contributed by atoms with Crippen LogP contribution in [0.2, 0.25) is 0 Å². The number of nitrogens with one attached hydrogen (secondary N) is 2. The molecule has 2 rings (SSSR count). The van der Waals surface area contributed by atoms with Gasteiger partial charge in [0.25, 0.3) is 11.8 Å². The quantitative estimate of drug-likeness (QED) is 0.593. The van der Waals surface area contributed by atoms with Gasteiger partial charge in [0.15, 0.2) is 6.61 Å². The fraction of sp³-hybridized carbons (Fsp3) is 0.333. The number of rotatable bonds is 8. The Morgan fingerprint density at radius 2 is 1.79 bits per heavy atom. The minimum atomic E-state index is -0.447. The number of hydrogen-bond donors (Lipinski definition) is 2. The second-order valence-electron chi connectivity index (χ2n) is 6.22. The average Bonchev–Trinajstić information content (AvgIpc) is 2.71. The number of ether oxygens (including phenoxy) is 2. The van der Waals surface area contributed by atoms with E-state index in [1.165, 1.54) is 0 Å². The molecule has 0 saturated heterocycles. The van der Waals surface area contributed by atoms with E-state index in [1.807, 2.05) is 31.2 Å². The van der Waals surface area contributed by atoms with Crippen molar-refractivity contribution in [1.29, 1.82) is 0 Å². The lowest BCUT2D eigenvalue weighted by Crippen LogP contribution is -2.43. The van der Waals surface area contributed by atoms with E-state index >= 15 is 0 Å². The van der Waals surface area contributed by atoms with Crippen LogP contribution < -0.4 is 20.3 Å². The lowest BCUT2D eigenvalue weighted by molar-refractivity contribution is -0.123. The summed E-state index contributed by atoms with van der Waals surface area (Å²) in [5.74, 6) is 0.775. The average molecular weight is 449 g/mol. The molecule has 1 unspecified atom stereocenters. The molecular formula is C21H25BrN2O4. The minimum Gasteiger partial charge on any atom is -0.493 e. The topological polar surface area (TPSA) is 76.7 Å². The van der Waals surface area contributed by atoms with E-state index in [2.05, 4.69) is 40.6 Å². The fourth-order valence-electron chi connectivity index (χ4n) is 2.53. The van der Waals surface area contributed by atoms with Gasteiger partial charge in [-0.25, -0.2) is 0 Å². The Morgan fingerprint density at radius 3 is 2.46 bits per heavy atom. The summed E-state index contributed by atoms with van der Waals surface area (Å²) in [6, 6.07) is 12.6. The maximum Gasteiger partial charge on any atom is 0.276 e. The third kappa shape index (κ3) is 5.99. The molecule has 28 heavy (non-hydrogen) atoms. The molecule has 1 atom stereocenters. The molecule has 0 fully saturated rings. The highest BCUT2D eigenvalue weighted by Crippen LogP contribution is 2.28. The van der Waals surface area contributed by atoms with Gasteiger partial charge >= 0.3 is 0 Å². The van der Waals surface area contributed by atoms with Crippen LogP contribution in [-0.4, -0.2) is 25.0 Å². The van der Waals surface area contributed by atoms with E-state index in [-0.39, 0.29) is 6.61 Å². The molecule has 2 amide bonds. The molecule has 0 saturated carbocycles. The summed E-state index contributed by atoms with van der Waals surface area (Å²) in [5.41, 5.74) is 6.19. The van der Waals surface area contributed by atoms with E-state index in [0.29, 0.717) is 34.1 Å². The Balaban J connectivity index is 1.88. The second-order valence-corrected chi connectivity index (χ2v) is 7.07. The van der Waals surface area contributed by atoms with Gasteiger partial charge < -0.3 is 9.47 Å². The Kier molecular flexibility index (Phi) is 8.32. The summed E-state index contributed by atoms with van der Waals surface area (Å²) >= 11 is 3.36. The Bertz CT molecular complexity index is 826. The Labute approximate surface area is 173 Å². The monoisotopic (exact) mass is 448 g/mol. The Hall–Kier alpha value is -2.54. The summed E-state index contributed by atoms with van der Waals surface area (Å²) in [4.78, 5) is 24.2. The number of carbonyl (C=O) groups is 2. The number of benzene rings is 2. The van der Waals surface area contributed by atoms with Crippen molar-refractivity contribution in [2.45, 2.75) is 33.1 Å².